The van der Waals surface area contributed by atoms with E-state index in [9.17, 15) is 13.2 Å². The van der Waals surface area contributed by atoms with E-state index < -0.39 is 15.3 Å². The van der Waals surface area contributed by atoms with Gasteiger partial charge in [0.2, 0.25) is 0 Å². The fourth-order valence-electron chi connectivity index (χ4n) is 4.58. The van der Waals surface area contributed by atoms with Crippen LogP contribution in [0.25, 0.3) is 22.0 Å². The van der Waals surface area contributed by atoms with E-state index in [1.165, 1.54) is 18.9 Å². The van der Waals surface area contributed by atoms with Crippen molar-refractivity contribution in [3.63, 3.8) is 0 Å². The number of rotatable bonds is 7. The predicted molar refractivity (Wildman–Crippen MR) is 144 cm³/mol. The van der Waals surface area contributed by atoms with Gasteiger partial charge in [-0.1, -0.05) is 50.2 Å². The SMILES string of the molecule is COC(=O)C(C)(Cc1ccc(S(C)(=O)=O)cc1)c1cccc(-c2cc(C(C)C)cc3cccnc23)c1. The number of carbonyl (C=O) groups is 1. The molecule has 0 saturated heterocycles. The number of sulfone groups is 1. The van der Waals surface area contributed by atoms with Crippen molar-refractivity contribution < 1.29 is 17.9 Å². The zero-order valence-corrected chi connectivity index (χ0v) is 22.1. The summed E-state index contributed by atoms with van der Waals surface area (Å²) in [5.74, 6) is -0.00228. The van der Waals surface area contributed by atoms with Crippen LogP contribution in [0.15, 0.2) is 83.9 Å². The van der Waals surface area contributed by atoms with E-state index in [0.29, 0.717) is 12.3 Å². The first kappa shape index (κ1) is 25.6. The summed E-state index contributed by atoms with van der Waals surface area (Å²) in [5, 5.41) is 1.07. The molecule has 0 spiro atoms. The molecule has 5 nitrogen and oxygen atoms in total. The number of fused-ring (bicyclic) bond motifs is 1. The molecule has 0 amide bonds. The van der Waals surface area contributed by atoms with E-state index in [1.807, 2.05) is 37.3 Å². The molecule has 4 rings (SSSR count). The van der Waals surface area contributed by atoms with Gasteiger partial charge in [-0.05, 0) is 77.9 Å². The fourth-order valence-corrected chi connectivity index (χ4v) is 5.21. The molecule has 1 atom stereocenters. The van der Waals surface area contributed by atoms with Crippen molar-refractivity contribution in [1.82, 2.24) is 4.98 Å². The maximum absolute atomic E-state index is 13.1. The van der Waals surface area contributed by atoms with Gasteiger partial charge in [-0.25, -0.2) is 8.42 Å². The second-order valence-corrected chi connectivity index (χ2v) is 11.8. The molecule has 0 bridgehead atoms. The zero-order chi connectivity index (χ0) is 26.1. The average molecular weight is 502 g/mol. The quantitative estimate of drug-likeness (QED) is 0.286. The second kappa shape index (κ2) is 9.86. The zero-order valence-electron chi connectivity index (χ0n) is 21.3. The van der Waals surface area contributed by atoms with Gasteiger partial charge in [0, 0.05) is 23.4 Å². The Morgan fingerprint density at radius 3 is 2.36 bits per heavy atom. The molecule has 1 unspecified atom stereocenters. The van der Waals surface area contributed by atoms with Gasteiger partial charge in [0.05, 0.1) is 22.9 Å². The highest BCUT2D eigenvalue weighted by molar-refractivity contribution is 7.90. The number of nitrogens with zero attached hydrogens (tertiary/aromatic N) is 1. The molecule has 0 aliphatic rings. The molecule has 1 aromatic heterocycles. The molecular weight excluding hydrogens is 470 g/mol. The highest BCUT2D eigenvalue weighted by atomic mass is 32.2. The lowest BCUT2D eigenvalue weighted by atomic mass is 9.76. The highest BCUT2D eigenvalue weighted by Crippen LogP contribution is 2.36. The van der Waals surface area contributed by atoms with Crippen LogP contribution >= 0.6 is 0 Å². The van der Waals surface area contributed by atoms with Crippen molar-refractivity contribution in [2.45, 2.75) is 43.4 Å². The molecule has 3 aromatic carbocycles. The third-order valence-electron chi connectivity index (χ3n) is 6.75. The Bertz CT molecular complexity index is 1520. The summed E-state index contributed by atoms with van der Waals surface area (Å²) in [6.45, 7) is 6.20. The summed E-state index contributed by atoms with van der Waals surface area (Å²) in [7, 11) is -1.91. The van der Waals surface area contributed by atoms with Gasteiger partial charge < -0.3 is 4.74 Å². The van der Waals surface area contributed by atoms with Crippen LogP contribution in [0.2, 0.25) is 0 Å². The van der Waals surface area contributed by atoms with Crippen LogP contribution in [0.4, 0.5) is 0 Å². The number of esters is 1. The highest BCUT2D eigenvalue weighted by Gasteiger charge is 2.37. The van der Waals surface area contributed by atoms with Crippen molar-refractivity contribution in [3.05, 3.63) is 95.7 Å². The molecule has 36 heavy (non-hydrogen) atoms. The van der Waals surface area contributed by atoms with Crippen LogP contribution in [-0.2, 0) is 31.2 Å². The molecule has 0 radical (unpaired) electrons. The Hall–Kier alpha value is -3.51. The van der Waals surface area contributed by atoms with E-state index >= 15 is 0 Å². The van der Waals surface area contributed by atoms with Gasteiger partial charge in [-0.15, -0.1) is 0 Å². The molecule has 0 saturated carbocycles. The van der Waals surface area contributed by atoms with Crippen LogP contribution in [0.5, 0.6) is 0 Å². The maximum Gasteiger partial charge on any atom is 0.316 e. The Kier molecular flexibility index (Phi) is 7.01. The van der Waals surface area contributed by atoms with Crippen molar-refractivity contribution in [2.75, 3.05) is 13.4 Å². The first-order valence-corrected chi connectivity index (χ1v) is 13.8. The summed E-state index contributed by atoms with van der Waals surface area (Å²) in [6, 6.07) is 23.0. The molecular formula is C30H31NO4S. The first-order valence-electron chi connectivity index (χ1n) is 11.9. The topological polar surface area (TPSA) is 73.3 Å². The normalized spacial score (nSPS) is 13.5. The number of aromatic nitrogens is 1. The van der Waals surface area contributed by atoms with Crippen LogP contribution < -0.4 is 0 Å². The predicted octanol–water partition coefficient (Wildman–Crippen LogP) is 6.10. The van der Waals surface area contributed by atoms with Gasteiger partial charge in [0.25, 0.3) is 0 Å². The number of pyridine rings is 1. The third-order valence-corrected chi connectivity index (χ3v) is 7.88. The van der Waals surface area contributed by atoms with Crippen LogP contribution in [0.3, 0.4) is 0 Å². The monoisotopic (exact) mass is 501 g/mol. The number of ether oxygens (including phenoxy) is 1. The van der Waals surface area contributed by atoms with Crippen LogP contribution in [0, 0.1) is 0 Å². The first-order chi connectivity index (χ1) is 17.0. The van der Waals surface area contributed by atoms with Crippen molar-refractivity contribution in [3.8, 4) is 11.1 Å². The van der Waals surface area contributed by atoms with E-state index in [1.54, 1.807) is 30.5 Å². The van der Waals surface area contributed by atoms with E-state index in [2.05, 4.69) is 37.0 Å². The van der Waals surface area contributed by atoms with E-state index in [4.69, 9.17) is 4.74 Å². The number of hydrogen-bond donors (Lipinski definition) is 0. The summed E-state index contributed by atoms with van der Waals surface area (Å²) >= 11 is 0. The molecule has 0 fully saturated rings. The molecule has 4 aromatic rings. The molecule has 0 N–H and O–H groups in total. The lowest BCUT2D eigenvalue weighted by molar-refractivity contribution is -0.146. The third kappa shape index (κ3) is 5.05. The minimum Gasteiger partial charge on any atom is -0.468 e. The van der Waals surface area contributed by atoms with Crippen LogP contribution in [-0.4, -0.2) is 32.7 Å². The lowest BCUT2D eigenvalue weighted by Gasteiger charge is -2.28. The Balaban J connectivity index is 1.82. The van der Waals surface area contributed by atoms with E-state index in [0.717, 1.165) is 33.2 Å². The minimum absolute atomic E-state index is 0.248. The number of hydrogen-bond acceptors (Lipinski definition) is 5. The summed E-state index contributed by atoms with van der Waals surface area (Å²) in [4.78, 5) is 18.0. The molecule has 0 aliphatic heterocycles. The number of carbonyl (C=O) groups excluding carboxylic acids is 1. The van der Waals surface area contributed by atoms with Crippen molar-refractivity contribution in [1.29, 1.82) is 0 Å². The van der Waals surface area contributed by atoms with Gasteiger partial charge in [0.15, 0.2) is 9.84 Å². The molecule has 0 aliphatic carbocycles. The summed E-state index contributed by atoms with van der Waals surface area (Å²) in [5.41, 5.74) is 4.81. The average Bonchev–Trinajstić information content (AvgIpc) is 2.87. The van der Waals surface area contributed by atoms with Gasteiger partial charge in [-0.2, -0.15) is 0 Å². The standard InChI is InChI=1S/C30H31NO4S/c1-20(2)24-16-23-9-7-15-31-28(23)27(18-24)22-8-6-10-25(17-22)30(3,29(32)35-4)19-21-11-13-26(14-12-21)36(5,33)34/h6-18,20H,19H2,1-5H3. The van der Waals surface area contributed by atoms with Gasteiger partial charge in [0.1, 0.15) is 0 Å². The second-order valence-electron chi connectivity index (χ2n) is 9.80. The van der Waals surface area contributed by atoms with Crippen LogP contribution in [0.1, 0.15) is 43.4 Å². The van der Waals surface area contributed by atoms with Crippen molar-refractivity contribution in [2.24, 2.45) is 0 Å². The largest absolute Gasteiger partial charge is 0.468 e. The summed E-state index contributed by atoms with van der Waals surface area (Å²) < 4.78 is 29.0. The van der Waals surface area contributed by atoms with E-state index in [-0.39, 0.29) is 10.9 Å². The Labute approximate surface area is 213 Å². The lowest BCUT2D eigenvalue weighted by Crippen LogP contribution is -2.36. The van der Waals surface area contributed by atoms with Gasteiger partial charge >= 0.3 is 5.97 Å². The van der Waals surface area contributed by atoms with Crippen molar-refractivity contribution >= 4 is 26.7 Å². The number of methoxy groups -OCH3 is 1. The molecule has 186 valence electrons. The maximum atomic E-state index is 13.1. The molecule has 6 heteroatoms. The smallest absolute Gasteiger partial charge is 0.316 e. The fraction of sp³-hybridized carbons (Fsp3) is 0.267. The Morgan fingerprint density at radius 1 is 1.00 bits per heavy atom. The minimum atomic E-state index is -3.30. The number of benzene rings is 3. The summed E-state index contributed by atoms with van der Waals surface area (Å²) in [6.07, 6.45) is 3.33. The Morgan fingerprint density at radius 2 is 1.72 bits per heavy atom. The molecule has 1 heterocycles. The van der Waals surface area contributed by atoms with Gasteiger partial charge in [-0.3, -0.25) is 9.78 Å².